The summed E-state index contributed by atoms with van der Waals surface area (Å²) in [6.07, 6.45) is 2.48. The van der Waals surface area contributed by atoms with E-state index in [1.807, 2.05) is 6.07 Å². The Hall–Kier alpha value is -0.120. The second-order valence-electron chi connectivity index (χ2n) is 4.17. The van der Waals surface area contributed by atoms with Crippen molar-refractivity contribution < 1.29 is 4.39 Å². The minimum Gasteiger partial charge on any atom is -0.295 e. The van der Waals surface area contributed by atoms with Gasteiger partial charge in [-0.1, -0.05) is 33.6 Å². The molecule has 2 rings (SSSR count). The van der Waals surface area contributed by atoms with Crippen LogP contribution in [-0.2, 0) is 6.54 Å². The number of likely N-dealkylation sites (tertiary alicyclic amines) is 1. The predicted molar refractivity (Wildman–Crippen MR) is 68.6 cm³/mol. The van der Waals surface area contributed by atoms with Crippen molar-refractivity contribution in [2.24, 2.45) is 0 Å². The first-order valence-electron chi connectivity index (χ1n) is 5.44. The van der Waals surface area contributed by atoms with Crippen LogP contribution in [0, 0.1) is 5.82 Å². The molecule has 0 amide bonds. The van der Waals surface area contributed by atoms with Crippen LogP contribution in [0.4, 0.5) is 4.39 Å². The maximum Gasteiger partial charge on any atom is 0.141 e. The summed E-state index contributed by atoms with van der Waals surface area (Å²) in [7, 11) is 0. The molecule has 0 radical (unpaired) electrons. The van der Waals surface area contributed by atoms with Crippen molar-refractivity contribution >= 4 is 27.5 Å². The Bertz CT molecular complexity index is 372. The topological polar surface area (TPSA) is 3.24 Å². The molecule has 1 heterocycles. The van der Waals surface area contributed by atoms with Crippen molar-refractivity contribution in [3.05, 3.63) is 34.6 Å². The van der Waals surface area contributed by atoms with Gasteiger partial charge in [-0.15, -0.1) is 0 Å². The third-order valence-electron chi connectivity index (χ3n) is 3.05. The minimum atomic E-state index is -0.344. The number of alkyl halides is 1. The first-order valence-corrected chi connectivity index (χ1v) is 6.94. The fourth-order valence-electron chi connectivity index (χ4n) is 2.15. The Morgan fingerprint density at radius 3 is 3.00 bits per heavy atom. The number of hydrogen-bond acceptors (Lipinski definition) is 1. The van der Waals surface area contributed by atoms with Gasteiger partial charge in [-0.05, 0) is 37.1 Å². The van der Waals surface area contributed by atoms with E-state index in [2.05, 4.69) is 20.8 Å². The lowest BCUT2D eigenvalue weighted by molar-refractivity contribution is 0.265. The molecule has 1 aliphatic rings. The molecule has 1 aromatic rings. The van der Waals surface area contributed by atoms with Crippen LogP contribution in [0.5, 0.6) is 0 Å². The predicted octanol–water partition coefficient (Wildman–Crippen LogP) is 3.84. The van der Waals surface area contributed by atoms with Gasteiger partial charge in [0, 0.05) is 17.9 Å². The molecule has 0 bridgehead atoms. The van der Waals surface area contributed by atoms with Crippen LogP contribution in [0.3, 0.4) is 0 Å². The van der Waals surface area contributed by atoms with E-state index in [1.165, 1.54) is 18.9 Å². The van der Waals surface area contributed by atoms with E-state index >= 15 is 0 Å². The Morgan fingerprint density at radius 2 is 2.31 bits per heavy atom. The van der Waals surface area contributed by atoms with Gasteiger partial charge in [0.1, 0.15) is 5.82 Å². The van der Waals surface area contributed by atoms with Crippen molar-refractivity contribution in [2.75, 3.05) is 11.9 Å². The first-order chi connectivity index (χ1) is 7.70. The smallest absolute Gasteiger partial charge is 0.141 e. The van der Waals surface area contributed by atoms with E-state index in [-0.39, 0.29) is 10.8 Å². The summed E-state index contributed by atoms with van der Waals surface area (Å²) >= 11 is 9.30. The second-order valence-corrected chi connectivity index (χ2v) is 5.22. The zero-order valence-electron chi connectivity index (χ0n) is 8.93. The van der Waals surface area contributed by atoms with E-state index in [4.69, 9.17) is 11.6 Å². The molecule has 0 aliphatic carbocycles. The molecule has 1 atom stereocenters. The summed E-state index contributed by atoms with van der Waals surface area (Å²) in [6, 6.07) is 5.58. The molecule has 0 N–H and O–H groups in total. The van der Waals surface area contributed by atoms with E-state index in [1.54, 1.807) is 6.07 Å². The van der Waals surface area contributed by atoms with Gasteiger partial charge in [0.25, 0.3) is 0 Å². The molecule has 0 aromatic heterocycles. The van der Waals surface area contributed by atoms with Gasteiger partial charge in [0.2, 0.25) is 0 Å². The van der Waals surface area contributed by atoms with Crippen molar-refractivity contribution in [1.29, 1.82) is 0 Å². The first kappa shape index (κ1) is 12.3. The zero-order chi connectivity index (χ0) is 11.5. The molecule has 1 unspecified atom stereocenters. The highest BCUT2D eigenvalue weighted by molar-refractivity contribution is 9.09. The van der Waals surface area contributed by atoms with Gasteiger partial charge in [-0.2, -0.15) is 0 Å². The van der Waals surface area contributed by atoms with Gasteiger partial charge in [-0.3, -0.25) is 4.90 Å². The van der Waals surface area contributed by atoms with Gasteiger partial charge in [0.05, 0.1) is 5.02 Å². The lowest BCUT2D eigenvalue weighted by atomic mass is 10.2. The van der Waals surface area contributed by atoms with E-state index in [0.717, 1.165) is 24.0 Å². The molecular weight excluding hydrogens is 292 g/mol. The zero-order valence-corrected chi connectivity index (χ0v) is 11.3. The fourth-order valence-corrected chi connectivity index (χ4v) is 3.09. The number of rotatable bonds is 3. The third kappa shape index (κ3) is 2.76. The van der Waals surface area contributed by atoms with Gasteiger partial charge in [-0.25, -0.2) is 4.39 Å². The lowest BCUT2D eigenvalue weighted by Crippen LogP contribution is -2.29. The molecule has 1 saturated heterocycles. The molecule has 0 saturated carbocycles. The fraction of sp³-hybridized carbons (Fsp3) is 0.500. The Kier molecular flexibility index (Phi) is 4.22. The Labute approximate surface area is 109 Å². The monoisotopic (exact) mass is 305 g/mol. The average Bonchev–Trinajstić information content (AvgIpc) is 2.71. The van der Waals surface area contributed by atoms with Crippen LogP contribution in [0.15, 0.2) is 18.2 Å². The van der Waals surface area contributed by atoms with E-state index < -0.39 is 0 Å². The minimum absolute atomic E-state index is 0.215. The summed E-state index contributed by atoms with van der Waals surface area (Å²) in [5.74, 6) is -0.344. The van der Waals surface area contributed by atoms with Crippen LogP contribution in [0.25, 0.3) is 0 Å². The molecule has 1 aliphatic heterocycles. The summed E-state index contributed by atoms with van der Waals surface area (Å²) in [6.45, 7) is 1.97. The molecule has 1 fully saturated rings. The molecule has 16 heavy (non-hydrogen) atoms. The molecule has 0 spiro atoms. The Morgan fingerprint density at radius 1 is 1.50 bits per heavy atom. The maximum absolute atomic E-state index is 13.0. The second kappa shape index (κ2) is 5.48. The Balaban J connectivity index is 2.05. The molecule has 4 heteroatoms. The van der Waals surface area contributed by atoms with Crippen LogP contribution in [-0.4, -0.2) is 22.8 Å². The summed E-state index contributed by atoms with van der Waals surface area (Å²) in [5.41, 5.74) is 1.08. The summed E-state index contributed by atoms with van der Waals surface area (Å²) in [5, 5.41) is 1.22. The normalized spacial score (nSPS) is 21.6. The number of hydrogen-bond donors (Lipinski definition) is 0. The van der Waals surface area contributed by atoms with Crippen LogP contribution in [0.1, 0.15) is 18.4 Å². The lowest BCUT2D eigenvalue weighted by Gasteiger charge is -2.22. The highest BCUT2D eigenvalue weighted by Gasteiger charge is 2.23. The maximum atomic E-state index is 13.0. The molecular formula is C12H14BrClFN. The average molecular weight is 307 g/mol. The SMILES string of the molecule is Fc1ccc(CN2CCCC2CBr)cc1Cl. The molecule has 1 aromatic carbocycles. The van der Waals surface area contributed by atoms with Gasteiger partial charge >= 0.3 is 0 Å². The number of halogens is 3. The number of nitrogens with zero attached hydrogens (tertiary/aromatic N) is 1. The van der Waals surface area contributed by atoms with Gasteiger partial charge < -0.3 is 0 Å². The summed E-state index contributed by atoms with van der Waals surface area (Å²) in [4.78, 5) is 2.41. The van der Waals surface area contributed by atoms with Crippen molar-refractivity contribution in [2.45, 2.75) is 25.4 Å². The van der Waals surface area contributed by atoms with Crippen LogP contribution in [0.2, 0.25) is 5.02 Å². The number of benzene rings is 1. The molecule has 1 nitrogen and oxygen atoms in total. The van der Waals surface area contributed by atoms with Crippen LogP contribution >= 0.6 is 27.5 Å². The highest BCUT2D eigenvalue weighted by atomic mass is 79.9. The van der Waals surface area contributed by atoms with Crippen molar-refractivity contribution in [3.63, 3.8) is 0 Å². The summed E-state index contributed by atoms with van der Waals surface area (Å²) < 4.78 is 13.0. The standard InChI is InChI=1S/C12H14BrClFN/c13-7-10-2-1-5-16(10)8-9-3-4-12(15)11(14)6-9/h3-4,6,10H,1-2,5,7-8H2. The van der Waals surface area contributed by atoms with Crippen molar-refractivity contribution in [3.8, 4) is 0 Å². The van der Waals surface area contributed by atoms with E-state index in [0.29, 0.717) is 6.04 Å². The highest BCUT2D eigenvalue weighted by Crippen LogP contribution is 2.23. The van der Waals surface area contributed by atoms with Crippen molar-refractivity contribution in [1.82, 2.24) is 4.90 Å². The molecule has 88 valence electrons. The largest absolute Gasteiger partial charge is 0.295 e. The van der Waals surface area contributed by atoms with Crippen LogP contribution < -0.4 is 0 Å². The quantitative estimate of drug-likeness (QED) is 0.767. The van der Waals surface area contributed by atoms with Gasteiger partial charge in [0.15, 0.2) is 0 Å². The van der Waals surface area contributed by atoms with E-state index in [9.17, 15) is 4.39 Å². The third-order valence-corrected chi connectivity index (χ3v) is 4.08.